The Morgan fingerprint density at radius 2 is 1.96 bits per heavy atom. The van der Waals surface area contributed by atoms with E-state index in [2.05, 4.69) is 10.5 Å². The molecule has 0 fully saturated rings. The summed E-state index contributed by atoms with van der Waals surface area (Å²) < 4.78 is 10.1. The van der Waals surface area contributed by atoms with Crippen LogP contribution in [0.1, 0.15) is 15.9 Å². The van der Waals surface area contributed by atoms with Gasteiger partial charge in [-0.05, 0) is 40.8 Å². The lowest BCUT2D eigenvalue weighted by molar-refractivity contribution is -0.391. The van der Waals surface area contributed by atoms with E-state index < -0.39 is 16.6 Å². The van der Waals surface area contributed by atoms with Crippen molar-refractivity contribution in [2.24, 2.45) is 0 Å². The summed E-state index contributed by atoms with van der Waals surface area (Å²) in [5, 5.41) is 17.9. The van der Waals surface area contributed by atoms with Crippen LogP contribution in [0.15, 0.2) is 47.0 Å². The molecule has 0 bridgehead atoms. The van der Waals surface area contributed by atoms with Gasteiger partial charge in [0, 0.05) is 17.1 Å². The van der Waals surface area contributed by atoms with E-state index in [1.54, 1.807) is 31.4 Å². The predicted molar refractivity (Wildman–Crippen MR) is 103 cm³/mol. The number of hydrogen-bond acceptors (Lipinski definition) is 6. The van der Waals surface area contributed by atoms with Crippen LogP contribution in [-0.2, 0) is 6.54 Å². The quantitative estimate of drug-likeness (QED) is 0.463. The summed E-state index contributed by atoms with van der Waals surface area (Å²) >= 11 is 12.0. The first-order valence-corrected chi connectivity index (χ1v) is 8.67. The zero-order valence-electron chi connectivity index (χ0n) is 14.4. The lowest BCUT2D eigenvalue weighted by atomic mass is 10.1. The van der Waals surface area contributed by atoms with Gasteiger partial charge < -0.3 is 20.2 Å². The molecule has 0 atom stereocenters. The van der Waals surface area contributed by atoms with Gasteiger partial charge in [0.15, 0.2) is 10.7 Å². The number of amides is 1. The van der Waals surface area contributed by atoms with Crippen LogP contribution in [0, 0.1) is 10.1 Å². The van der Waals surface area contributed by atoms with Crippen molar-refractivity contribution >= 4 is 34.9 Å². The first kappa shape index (κ1) is 19.7. The first-order valence-electron chi connectivity index (χ1n) is 7.91. The third-order valence-corrected chi connectivity index (χ3v) is 4.41. The monoisotopic (exact) mass is 421 g/mol. The Balaban J connectivity index is 1.91. The Morgan fingerprint density at radius 3 is 2.57 bits per heavy atom. The molecule has 144 valence electrons. The standard InChI is InChI=1S/C18H13Cl2N3O5/c1-27-12-5-2-10(3-6-12)9-21-18(24)15-16(28-22-17(15)23(25)26)13-7-4-11(19)8-14(13)20/h2-8H,9H2,1H3,(H,21,24). The number of methoxy groups -OCH3 is 1. The number of nitro groups is 1. The fourth-order valence-corrected chi connectivity index (χ4v) is 2.98. The van der Waals surface area contributed by atoms with Crippen LogP contribution in [-0.4, -0.2) is 23.1 Å². The van der Waals surface area contributed by atoms with E-state index >= 15 is 0 Å². The number of aromatic nitrogens is 1. The Hall–Kier alpha value is -3.10. The number of rotatable bonds is 6. The van der Waals surface area contributed by atoms with Gasteiger partial charge in [-0.25, -0.2) is 0 Å². The number of halogens is 2. The molecule has 1 N–H and O–H groups in total. The molecule has 1 aromatic heterocycles. The molecular formula is C18H13Cl2N3O5. The molecule has 0 radical (unpaired) electrons. The fourth-order valence-electron chi connectivity index (χ4n) is 2.48. The highest BCUT2D eigenvalue weighted by molar-refractivity contribution is 6.36. The summed E-state index contributed by atoms with van der Waals surface area (Å²) in [7, 11) is 1.55. The van der Waals surface area contributed by atoms with E-state index in [4.69, 9.17) is 32.5 Å². The topological polar surface area (TPSA) is 108 Å². The van der Waals surface area contributed by atoms with Crippen LogP contribution in [0.25, 0.3) is 11.3 Å². The van der Waals surface area contributed by atoms with E-state index in [0.717, 1.165) is 5.56 Å². The smallest absolute Gasteiger partial charge is 0.427 e. The molecule has 10 heteroatoms. The molecule has 3 aromatic rings. The zero-order chi connectivity index (χ0) is 20.3. The van der Waals surface area contributed by atoms with E-state index in [1.165, 1.54) is 18.2 Å². The van der Waals surface area contributed by atoms with Crippen molar-refractivity contribution in [1.82, 2.24) is 10.5 Å². The summed E-state index contributed by atoms with van der Waals surface area (Å²) in [4.78, 5) is 23.2. The van der Waals surface area contributed by atoms with E-state index in [1.807, 2.05) is 0 Å². The number of hydrogen-bond donors (Lipinski definition) is 1. The zero-order valence-corrected chi connectivity index (χ0v) is 16.0. The molecule has 0 aliphatic rings. The molecule has 0 aliphatic carbocycles. The van der Waals surface area contributed by atoms with E-state index in [0.29, 0.717) is 10.8 Å². The molecular weight excluding hydrogens is 409 g/mol. The maximum Gasteiger partial charge on any atom is 0.427 e. The highest BCUT2D eigenvalue weighted by atomic mass is 35.5. The Bertz CT molecular complexity index is 1030. The van der Waals surface area contributed by atoms with Crippen LogP contribution >= 0.6 is 23.2 Å². The van der Waals surface area contributed by atoms with Crippen molar-refractivity contribution in [2.75, 3.05) is 7.11 Å². The number of carbonyl (C=O) groups is 1. The van der Waals surface area contributed by atoms with Gasteiger partial charge in [0.25, 0.3) is 5.91 Å². The first-order chi connectivity index (χ1) is 13.4. The highest BCUT2D eigenvalue weighted by Gasteiger charge is 2.33. The Labute approximate surface area is 169 Å². The van der Waals surface area contributed by atoms with Crippen molar-refractivity contribution < 1.29 is 19.0 Å². The SMILES string of the molecule is COc1ccc(CNC(=O)c2c([N+](=O)[O-])noc2-c2ccc(Cl)cc2Cl)cc1. The molecule has 8 nitrogen and oxygen atoms in total. The van der Waals surface area contributed by atoms with Crippen molar-refractivity contribution in [2.45, 2.75) is 6.54 Å². The van der Waals surface area contributed by atoms with Gasteiger partial charge in [0.2, 0.25) is 5.76 Å². The second kappa shape index (κ2) is 8.28. The Kier molecular flexibility index (Phi) is 5.81. The van der Waals surface area contributed by atoms with Crippen molar-refractivity contribution in [3.05, 3.63) is 73.8 Å². The molecule has 1 amide bonds. The third kappa shape index (κ3) is 4.08. The molecule has 2 aromatic carbocycles. The van der Waals surface area contributed by atoms with Gasteiger partial charge in [-0.3, -0.25) is 9.32 Å². The van der Waals surface area contributed by atoms with Gasteiger partial charge in [-0.2, -0.15) is 0 Å². The predicted octanol–water partition coefficient (Wildman–Crippen LogP) is 4.50. The van der Waals surface area contributed by atoms with Gasteiger partial charge in [0.1, 0.15) is 5.75 Å². The molecule has 3 rings (SSSR count). The normalized spacial score (nSPS) is 10.5. The summed E-state index contributed by atoms with van der Waals surface area (Å²) in [6.07, 6.45) is 0. The van der Waals surface area contributed by atoms with Gasteiger partial charge >= 0.3 is 5.82 Å². The average Bonchev–Trinajstić information content (AvgIpc) is 3.11. The molecule has 0 unspecified atom stereocenters. The number of carbonyl (C=O) groups excluding carboxylic acids is 1. The summed E-state index contributed by atoms with van der Waals surface area (Å²) in [6.45, 7) is 0.138. The second-order valence-corrected chi connectivity index (χ2v) is 6.47. The summed E-state index contributed by atoms with van der Waals surface area (Å²) in [5.74, 6) is -0.858. The fraction of sp³-hybridized carbons (Fsp3) is 0.111. The van der Waals surface area contributed by atoms with E-state index in [-0.39, 0.29) is 28.5 Å². The van der Waals surface area contributed by atoms with Crippen LogP contribution in [0.3, 0.4) is 0 Å². The number of ether oxygens (including phenoxy) is 1. The minimum atomic E-state index is -0.793. The molecule has 0 saturated heterocycles. The van der Waals surface area contributed by atoms with Gasteiger partial charge in [-0.1, -0.05) is 35.3 Å². The molecule has 28 heavy (non-hydrogen) atoms. The maximum absolute atomic E-state index is 12.7. The molecule has 1 heterocycles. The van der Waals surface area contributed by atoms with Crippen molar-refractivity contribution in [3.63, 3.8) is 0 Å². The highest BCUT2D eigenvalue weighted by Crippen LogP contribution is 2.36. The number of nitrogens with one attached hydrogen (secondary N) is 1. The molecule has 0 spiro atoms. The largest absolute Gasteiger partial charge is 0.497 e. The van der Waals surface area contributed by atoms with Crippen molar-refractivity contribution in [1.29, 1.82) is 0 Å². The number of nitrogens with zero attached hydrogens (tertiary/aromatic N) is 2. The van der Waals surface area contributed by atoms with Crippen LogP contribution in [0.4, 0.5) is 5.82 Å². The lowest BCUT2D eigenvalue weighted by Crippen LogP contribution is -2.23. The Morgan fingerprint density at radius 1 is 1.25 bits per heavy atom. The maximum atomic E-state index is 12.7. The molecule has 0 saturated carbocycles. The minimum absolute atomic E-state index is 0.111. The second-order valence-electron chi connectivity index (χ2n) is 5.62. The minimum Gasteiger partial charge on any atom is -0.497 e. The average molecular weight is 422 g/mol. The summed E-state index contributed by atoms with van der Waals surface area (Å²) in [5.41, 5.74) is 0.725. The third-order valence-electron chi connectivity index (χ3n) is 3.86. The van der Waals surface area contributed by atoms with Crippen LogP contribution < -0.4 is 10.1 Å². The van der Waals surface area contributed by atoms with Crippen LogP contribution in [0.2, 0.25) is 10.0 Å². The lowest BCUT2D eigenvalue weighted by Gasteiger charge is -2.06. The molecule has 0 aliphatic heterocycles. The van der Waals surface area contributed by atoms with Crippen molar-refractivity contribution in [3.8, 4) is 17.1 Å². The summed E-state index contributed by atoms with van der Waals surface area (Å²) in [6, 6.07) is 11.5. The van der Waals surface area contributed by atoms with Crippen LogP contribution in [0.5, 0.6) is 5.75 Å². The van der Waals surface area contributed by atoms with Gasteiger partial charge in [-0.15, -0.1) is 0 Å². The van der Waals surface area contributed by atoms with E-state index in [9.17, 15) is 14.9 Å². The number of benzene rings is 2. The van der Waals surface area contributed by atoms with Gasteiger partial charge in [0.05, 0.1) is 12.1 Å².